The molecule has 0 saturated heterocycles. The van der Waals surface area contributed by atoms with Gasteiger partial charge in [-0.15, -0.1) is 0 Å². The van der Waals surface area contributed by atoms with Crippen molar-refractivity contribution in [1.82, 2.24) is 4.98 Å². The number of aromatic nitrogens is 1. The lowest BCUT2D eigenvalue weighted by atomic mass is 9.48. The van der Waals surface area contributed by atoms with Gasteiger partial charge in [-0.05, 0) is 142 Å². The van der Waals surface area contributed by atoms with Crippen molar-refractivity contribution in [2.24, 2.45) is 52.8 Å². The van der Waals surface area contributed by atoms with Crippen molar-refractivity contribution in [2.45, 2.75) is 91.9 Å². The average Bonchev–Trinajstić information content (AvgIpc) is 3.20. The van der Waals surface area contributed by atoms with Crippen molar-refractivity contribution >= 4 is 0 Å². The highest BCUT2D eigenvalue weighted by Gasteiger charge is 2.57. The van der Waals surface area contributed by atoms with Gasteiger partial charge in [0.2, 0.25) is 0 Å². The smallest absolute Gasteiger partial charge is 0.143 e. The molecule has 0 bridgehead atoms. The van der Waals surface area contributed by atoms with E-state index >= 15 is 0 Å². The SMILES string of the molecule is CCOC[C@H]1CC[C@H]2[C@H](CC[C@@H]3[C@@H]2CC[C@]2(C)[C@@H]([C@H](C)Cc4ccc(C)nc4C#N)CC[C@@H]32)C1. The number of hydrogen-bond acceptors (Lipinski definition) is 3. The van der Waals surface area contributed by atoms with Crippen LogP contribution in [0.15, 0.2) is 12.1 Å². The largest absolute Gasteiger partial charge is 0.381 e. The normalized spacial score (nSPS) is 40.0. The van der Waals surface area contributed by atoms with Crippen LogP contribution in [0.3, 0.4) is 0 Å². The van der Waals surface area contributed by atoms with Crippen LogP contribution in [0.4, 0.5) is 0 Å². The molecule has 4 aliphatic carbocycles. The molecule has 186 valence electrons. The molecule has 3 heteroatoms. The number of ether oxygens (including phenoxy) is 1. The highest BCUT2D eigenvalue weighted by atomic mass is 16.5. The van der Waals surface area contributed by atoms with Gasteiger partial charge in [0.25, 0.3) is 0 Å². The van der Waals surface area contributed by atoms with Gasteiger partial charge >= 0.3 is 0 Å². The molecule has 1 aromatic rings. The molecule has 0 aromatic carbocycles. The summed E-state index contributed by atoms with van der Waals surface area (Å²) in [5.41, 5.74) is 3.24. The molecular weight excluding hydrogens is 416 g/mol. The minimum absolute atomic E-state index is 0.491. The first kappa shape index (κ1) is 24.3. The van der Waals surface area contributed by atoms with Gasteiger partial charge in [-0.25, -0.2) is 4.98 Å². The van der Waals surface area contributed by atoms with Gasteiger partial charge < -0.3 is 4.74 Å². The Kier molecular flexibility index (Phi) is 7.09. The summed E-state index contributed by atoms with van der Waals surface area (Å²) >= 11 is 0. The average molecular weight is 463 g/mol. The summed E-state index contributed by atoms with van der Waals surface area (Å²) in [6, 6.07) is 6.59. The minimum atomic E-state index is 0.491. The Morgan fingerprint density at radius 1 is 1.09 bits per heavy atom. The lowest BCUT2D eigenvalue weighted by Gasteiger charge is -2.57. The summed E-state index contributed by atoms with van der Waals surface area (Å²) in [5, 5.41) is 9.62. The minimum Gasteiger partial charge on any atom is -0.381 e. The van der Waals surface area contributed by atoms with Crippen LogP contribution in [-0.2, 0) is 11.2 Å². The van der Waals surface area contributed by atoms with Crippen LogP contribution < -0.4 is 0 Å². The molecule has 1 heterocycles. The number of nitrogens with zero attached hydrogens (tertiary/aromatic N) is 2. The molecule has 34 heavy (non-hydrogen) atoms. The fourth-order valence-electron chi connectivity index (χ4n) is 9.70. The van der Waals surface area contributed by atoms with Gasteiger partial charge in [0.15, 0.2) is 0 Å². The van der Waals surface area contributed by atoms with E-state index in [-0.39, 0.29) is 0 Å². The highest BCUT2D eigenvalue weighted by Crippen LogP contribution is 2.65. The second-order valence-corrected chi connectivity index (χ2v) is 12.8. The van der Waals surface area contributed by atoms with Crippen LogP contribution in [0.5, 0.6) is 0 Å². The summed E-state index contributed by atoms with van der Waals surface area (Å²) in [5.74, 6) is 7.07. The molecule has 5 rings (SSSR count). The molecule has 1 aromatic heterocycles. The fraction of sp³-hybridized carbons (Fsp3) is 0.806. The number of rotatable bonds is 6. The van der Waals surface area contributed by atoms with E-state index in [1.165, 1.54) is 57.8 Å². The third-order valence-electron chi connectivity index (χ3n) is 11.1. The van der Waals surface area contributed by atoms with Gasteiger partial charge in [-0.3, -0.25) is 0 Å². The van der Waals surface area contributed by atoms with E-state index in [2.05, 4.69) is 44.0 Å². The third kappa shape index (κ3) is 4.34. The van der Waals surface area contributed by atoms with E-state index in [4.69, 9.17) is 4.74 Å². The summed E-state index contributed by atoms with van der Waals surface area (Å²) in [6.45, 7) is 11.1. The van der Waals surface area contributed by atoms with Crippen LogP contribution in [0, 0.1) is 71.0 Å². The number of hydrogen-bond donors (Lipinski definition) is 0. The quantitative estimate of drug-likeness (QED) is 0.443. The molecule has 0 radical (unpaired) electrons. The Morgan fingerprint density at radius 2 is 1.91 bits per heavy atom. The summed E-state index contributed by atoms with van der Waals surface area (Å²) in [6.07, 6.45) is 14.0. The van der Waals surface area contributed by atoms with Gasteiger partial charge in [0.1, 0.15) is 11.8 Å². The van der Waals surface area contributed by atoms with E-state index in [0.717, 1.165) is 72.3 Å². The predicted molar refractivity (Wildman–Crippen MR) is 137 cm³/mol. The van der Waals surface area contributed by atoms with E-state index in [1.807, 2.05) is 6.92 Å². The zero-order chi connectivity index (χ0) is 23.9. The maximum Gasteiger partial charge on any atom is 0.143 e. The van der Waals surface area contributed by atoms with Crippen molar-refractivity contribution in [3.63, 3.8) is 0 Å². The van der Waals surface area contributed by atoms with Crippen LogP contribution in [0.25, 0.3) is 0 Å². The summed E-state index contributed by atoms with van der Waals surface area (Å²) in [7, 11) is 0. The summed E-state index contributed by atoms with van der Waals surface area (Å²) < 4.78 is 5.80. The third-order valence-corrected chi connectivity index (χ3v) is 11.1. The highest BCUT2D eigenvalue weighted by molar-refractivity contribution is 5.33. The molecule has 0 amide bonds. The second kappa shape index (κ2) is 9.93. The monoisotopic (exact) mass is 462 g/mol. The van der Waals surface area contributed by atoms with E-state index < -0.39 is 0 Å². The lowest BCUT2D eigenvalue weighted by Crippen LogP contribution is -2.49. The molecule has 0 spiro atoms. The maximum absolute atomic E-state index is 9.62. The van der Waals surface area contributed by atoms with Gasteiger partial charge in [-0.2, -0.15) is 5.26 Å². The zero-order valence-corrected chi connectivity index (χ0v) is 22.1. The molecule has 0 N–H and O–H groups in total. The number of nitriles is 1. The van der Waals surface area contributed by atoms with Gasteiger partial charge in [0, 0.05) is 18.9 Å². The Bertz CT molecular complexity index is 905. The number of fused-ring (bicyclic) bond motifs is 5. The van der Waals surface area contributed by atoms with Gasteiger partial charge in [-0.1, -0.05) is 19.9 Å². The molecular formula is C31H46N2O. The van der Waals surface area contributed by atoms with Crippen molar-refractivity contribution in [2.75, 3.05) is 13.2 Å². The van der Waals surface area contributed by atoms with Crippen molar-refractivity contribution < 1.29 is 4.74 Å². The Labute approximate surface area is 208 Å². The Morgan fingerprint density at radius 3 is 2.71 bits per heavy atom. The van der Waals surface area contributed by atoms with Crippen LogP contribution in [-0.4, -0.2) is 18.2 Å². The molecule has 4 aliphatic rings. The molecule has 4 fully saturated rings. The summed E-state index contributed by atoms with van der Waals surface area (Å²) in [4.78, 5) is 4.52. The molecule has 0 aliphatic heterocycles. The van der Waals surface area contributed by atoms with Crippen LogP contribution >= 0.6 is 0 Å². The number of pyridine rings is 1. The van der Waals surface area contributed by atoms with Crippen LogP contribution in [0.1, 0.15) is 95.5 Å². The maximum atomic E-state index is 9.62. The van der Waals surface area contributed by atoms with E-state index in [0.29, 0.717) is 17.0 Å². The molecule has 9 atom stereocenters. The Hall–Kier alpha value is -1.40. The first-order chi connectivity index (χ1) is 16.4. The second-order valence-electron chi connectivity index (χ2n) is 12.8. The van der Waals surface area contributed by atoms with Crippen molar-refractivity contribution in [3.8, 4) is 6.07 Å². The zero-order valence-electron chi connectivity index (χ0n) is 22.1. The predicted octanol–water partition coefficient (Wildman–Crippen LogP) is 7.36. The van der Waals surface area contributed by atoms with Gasteiger partial charge in [0.05, 0.1) is 0 Å². The molecule has 3 nitrogen and oxygen atoms in total. The topological polar surface area (TPSA) is 45.9 Å². The van der Waals surface area contributed by atoms with Crippen molar-refractivity contribution in [3.05, 3.63) is 29.1 Å². The first-order valence-corrected chi connectivity index (χ1v) is 14.4. The number of aryl methyl sites for hydroxylation is 1. The fourth-order valence-corrected chi connectivity index (χ4v) is 9.70. The lowest BCUT2D eigenvalue weighted by molar-refractivity contribution is -0.0777. The first-order valence-electron chi connectivity index (χ1n) is 14.4. The van der Waals surface area contributed by atoms with Crippen molar-refractivity contribution in [1.29, 1.82) is 5.26 Å². The molecule has 0 unspecified atom stereocenters. The standard InChI is InChI=1S/C31H46N2O/c1-5-34-19-22-7-10-25-23(17-22)9-11-27-26(25)14-15-31(4)28(12-13-29(27)31)20(2)16-24-8-6-21(3)33-30(24)18-32/h6,8,20,22-23,25-29H,5,7,9-17,19H2,1-4H3/t20-,22+,23-,25+,26-,27-,28-,29+,31-/m1/s1. The van der Waals surface area contributed by atoms with E-state index in [1.54, 1.807) is 0 Å². The van der Waals surface area contributed by atoms with Crippen LogP contribution in [0.2, 0.25) is 0 Å². The Balaban J connectivity index is 1.26. The molecule has 4 saturated carbocycles. The van der Waals surface area contributed by atoms with E-state index in [9.17, 15) is 5.26 Å².